The average molecular weight is 438 g/mol. The van der Waals surface area contributed by atoms with Crippen LogP contribution in [0.3, 0.4) is 0 Å². The minimum Gasteiger partial charge on any atom is -0.489 e. The number of ether oxygens (including phenoxy) is 1. The van der Waals surface area contributed by atoms with Crippen molar-refractivity contribution < 1.29 is 9.53 Å². The summed E-state index contributed by atoms with van der Waals surface area (Å²) >= 11 is 19.3. The molecular formula is C21H15Cl3O2S. The highest BCUT2D eigenvalue weighted by atomic mass is 35.5. The number of hydrogen-bond donors (Lipinski definition) is 0. The number of Topliss-reactive ketones (excluding diaryl/α,β-unsaturated/α-hetero) is 1. The van der Waals surface area contributed by atoms with Gasteiger partial charge in [-0.25, -0.2) is 0 Å². The van der Waals surface area contributed by atoms with Crippen molar-refractivity contribution in [1.82, 2.24) is 0 Å². The summed E-state index contributed by atoms with van der Waals surface area (Å²) in [4.78, 5) is 13.3. The lowest BCUT2D eigenvalue weighted by Gasteiger charge is -2.08. The van der Waals surface area contributed by atoms with Gasteiger partial charge < -0.3 is 4.74 Å². The van der Waals surface area contributed by atoms with E-state index >= 15 is 0 Å². The molecule has 0 amide bonds. The molecule has 3 aromatic rings. The van der Waals surface area contributed by atoms with Crippen LogP contribution in [0.4, 0.5) is 0 Å². The molecule has 0 fully saturated rings. The summed E-state index contributed by atoms with van der Waals surface area (Å²) in [7, 11) is 0. The topological polar surface area (TPSA) is 26.3 Å². The van der Waals surface area contributed by atoms with E-state index in [9.17, 15) is 4.79 Å². The molecule has 0 unspecified atom stereocenters. The lowest BCUT2D eigenvalue weighted by molar-refractivity contribution is 0.102. The van der Waals surface area contributed by atoms with E-state index in [4.69, 9.17) is 39.5 Å². The van der Waals surface area contributed by atoms with Gasteiger partial charge in [0.2, 0.25) is 0 Å². The molecule has 0 aliphatic heterocycles. The van der Waals surface area contributed by atoms with E-state index in [1.807, 2.05) is 30.3 Å². The maximum atomic E-state index is 12.3. The first-order valence-corrected chi connectivity index (χ1v) is 10.2. The molecule has 3 aromatic carbocycles. The minimum atomic E-state index is 0.0611. The Hall–Kier alpha value is -1.65. The molecule has 138 valence electrons. The zero-order valence-corrected chi connectivity index (χ0v) is 17.2. The van der Waals surface area contributed by atoms with Gasteiger partial charge in [-0.2, -0.15) is 0 Å². The van der Waals surface area contributed by atoms with Gasteiger partial charge >= 0.3 is 0 Å². The van der Waals surface area contributed by atoms with Crippen LogP contribution in [0, 0.1) is 0 Å². The fourth-order valence-electron chi connectivity index (χ4n) is 2.30. The van der Waals surface area contributed by atoms with Gasteiger partial charge in [-0.05, 0) is 66.2 Å². The van der Waals surface area contributed by atoms with Crippen molar-refractivity contribution in [1.29, 1.82) is 0 Å². The first kappa shape index (κ1) is 20.1. The smallest absolute Gasteiger partial charge is 0.173 e. The van der Waals surface area contributed by atoms with Gasteiger partial charge in [0.05, 0.1) is 15.8 Å². The first-order valence-electron chi connectivity index (χ1n) is 8.09. The molecule has 0 radical (unpaired) electrons. The minimum absolute atomic E-state index is 0.0611. The molecule has 0 saturated carbocycles. The zero-order valence-electron chi connectivity index (χ0n) is 14.1. The Morgan fingerprint density at radius 3 is 2.22 bits per heavy atom. The number of carbonyl (C=O) groups excluding carboxylic acids is 1. The van der Waals surface area contributed by atoms with Gasteiger partial charge in [-0.3, -0.25) is 4.79 Å². The lowest BCUT2D eigenvalue weighted by Crippen LogP contribution is -2.02. The van der Waals surface area contributed by atoms with Crippen molar-refractivity contribution in [3.05, 3.63) is 92.9 Å². The van der Waals surface area contributed by atoms with E-state index in [0.717, 1.165) is 10.5 Å². The molecule has 2 nitrogen and oxygen atoms in total. The third kappa shape index (κ3) is 5.91. The predicted octanol–water partition coefficient (Wildman–Crippen LogP) is 7.20. The van der Waals surface area contributed by atoms with E-state index in [1.54, 1.807) is 36.4 Å². The summed E-state index contributed by atoms with van der Waals surface area (Å²) in [5.41, 5.74) is 1.57. The molecule has 0 atom stereocenters. The van der Waals surface area contributed by atoms with Crippen molar-refractivity contribution in [3.63, 3.8) is 0 Å². The number of halogens is 3. The van der Waals surface area contributed by atoms with Crippen LogP contribution in [-0.2, 0) is 6.61 Å². The SMILES string of the molecule is O=C(CSc1ccc(Cl)cc1)c1ccc(OCc2ccc(Cl)c(Cl)c2)cc1. The van der Waals surface area contributed by atoms with Crippen LogP contribution in [0.15, 0.2) is 71.6 Å². The summed E-state index contributed by atoms with van der Waals surface area (Å²) in [6, 6.07) is 19.9. The van der Waals surface area contributed by atoms with Gasteiger partial charge in [0, 0.05) is 15.5 Å². The highest BCUT2D eigenvalue weighted by Crippen LogP contribution is 2.24. The first-order chi connectivity index (χ1) is 13.0. The Morgan fingerprint density at radius 2 is 1.56 bits per heavy atom. The van der Waals surface area contributed by atoms with Crippen molar-refractivity contribution in [2.45, 2.75) is 11.5 Å². The molecule has 27 heavy (non-hydrogen) atoms. The molecule has 0 aliphatic rings. The van der Waals surface area contributed by atoms with Gasteiger partial charge in [0.15, 0.2) is 5.78 Å². The largest absolute Gasteiger partial charge is 0.489 e. The quantitative estimate of drug-likeness (QED) is 0.289. The van der Waals surface area contributed by atoms with Crippen molar-refractivity contribution >= 4 is 52.3 Å². The third-order valence-electron chi connectivity index (χ3n) is 3.75. The van der Waals surface area contributed by atoms with Crippen molar-refractivity contribution in [2.75, 3.05) is 5.75 Å². The van der Waals surface area contributed by atoms with E-state index in [0.29, 0.717) is 38.7 Å². The number of benzene rings is 3. The maximum absolute atomic E-state index is 12.3. The van der Waals surface area contributed by atoms with Gasteiger partial charge in [-0.15, -0.1) is 11.8 Å². The molecule has 0 aromatic heterocycles. The second kappa shape index (κ2) is 9.52. The van der Waals surface area contributed by atoms with Crippen LogP contribution in [0.25, 0.3) is 0 Å². The van der Waals surface area contributed by atoms with Crippen LogP contribution < -0.4 is 4.74 Å². The van der Waals surface area contributed by atoms with Crippen molar-refractivity contribution in [3.8, 4) is 5.75 Å². The molecular weight excluding hydrogens is 423 g/mol. The fourth-order valence-corrected chi connectivity index (χ4v) is 3.54. The number of ketones is 1. The second-order valence-electron chi connectivity index (χ2n) is 5.73. The van der Waals surface area contributed by atoms with Crippen LogP contribution in [0.2, 0.25) is 15.1 Å². The molecule has 3 rings (SSSR count). The van der Waals surface area contributed by atoms with E-state index in [2.05, 4.69) is 0 Å². The van der Waals surface area contributed by atoms with Crippen molar-refractivity contribution in [2.24, 2.45) is 0 Å². The number of carbonyl (C=O) groups is 1. The standard InChI is InChI=1S/C21H15Cl3O2S/c22-16-4-8-18(9-5-16)27-13-21(25)15-2-6-17(7-3-15)26-12-14-1-10-19(23)20(24)11-14/h1-11H,12-13H2. The third-order valence-corrected chi connectivity index (χ3v) is 5.75. The highest BCUT2D eigenvalue weighted by molar-refractivity contribution is 8.00. The summed E-state index contributed by atoms with van der Waals surface area (Å²) in [5, 5.41) is 1.69. The monoisotopic (exact) mass is 436 g/mol. The van der Waals surface area contributed by atoms with E-state index in [1.165, 1.54) is 11.8 Å². The van der Waals surface area contributed by atoms with Crippen LogP contribution in [-0.4, -0.2) is 11.5 Å². The average Bonchev–Trinajstić information content (AvgIpc) is 2.68. The van der Waals surface area contributed by atoms with E-state index in [-0.39, 0.29) is 5.78 Å². The fraction of sp³-hybridized carbons (Fsp3) is 0.0952. The van der Waals surface area contributed by atoms with Gasteiger partial charge in [0.25, 0.3) is 0 Å². The number of rotatable bonds is 7. The number of thioether (sulfide) groups is 1. The molecule has 0 aliphatic carbocycles. The summed E-state index contributed by atoms with van der Waals surface area (Å²) in [6.45, 7) is 0.372. The Kier molecular flexibility index (Phi) is 7.08. The molecule has 0 saturated heterocycles. The summed E-state index contributed by atoms with van der Waals surface area (Å²) in [5.74, 6) is 1.11. The summed E-state index contributed by atoms with van der Waals surface area (Å²) in [6.07, 6.45) is 0. The molecule has 0 bridgehead atoms. The zero-order chi connectivity index (χ0) is 19.2. The molecule has 0 spiro atoms. The second-order valence-corrected chi connectivity index (χ2v) is 8.03. The Balaban J connectivity index is 1.53. The predicted molar refractivity (Wildman–Crippen MR) is 114 cm³/mol. The maximum Gasteiger partial charge on any atom is 0.173 e. The summed E-state index contributed by atoms with van der Waals surface area (Å²) < 4.78 is 5.73. The van der Waals surface area contributed by atoms with Gasteiger partial charge in [-0.1, -0.05) is 40.9 Å². The van der Waals surface area contributed by atoms with E-state index < -0.39 is 0 Å². The normalized spacial score (nSPS) is 10.6. The molecule has 6 heteroatoms. The molecule has 0 N–H and O–H groups in total. The Labute approximate surface area is 177 Å². The number of hydrogen-bond acceptors (Lipinski definition) is 3. The highest BCUT2D eigenvalue weighted by Gasteiger charge is 2.08. The van der Waals surface area contributed by atoms with Gasteiger partial charge in [0.1, 0.15) is 12.4 Å². The molecule has 0 heterocycles. The Morgan fingerprint density at radius 1 is 0.852 bits per heavy atom. The van der Waals surface area contributed by atoms with Crippen LogP contribution in [0.5, 0.6) is 5.75 Å². The lowest BCUT2D eigenvalue weighted by atomic mass is 10.1. The van der Waals surface area contributed by atoms with Crippen LogP contribution >= 0.6 is 46.6 Å². The Bertz CT molecular complexity index is 925. The van der Waals surface area contributed by atoms with Crippen LogP contribution in [0.1, 0.15) is 15.9 Å².